The van der Waals surface area contributed by atoms with Crippen molar-refractivity contribution in [2.75, 3.05) is 32.6 Å². The number of nitrogens with zero attached hydrogens (tertiary/aromatic N) is 1. The molecule has 1 fully saturated rings. The summed E-state index contributed by atoms with van der Waals surface area (Å²) in [4.78, 5) is 14.5. The van der Waals surface area contributed by atoms with Crippen molar-refractivity contribution >= 4 is 22.9 Å². The predicted octanol–water partition coefficient (Wildman–Crippen LogP) is 3.48. The van der Waals surface area contributed by atoms with Gasteiger partial charge in [-0.05, 0) is 24.3 Å². The standard InChI is InChI=1S/C18H22N2O3S/c1-22-16-8-15(9-17(10-16)23-2)19-14-4-3-6-20(11-14)18(21)13-5-7-24-12-13/h5,7-10,12,14,19H,3-4,6,11H2,1-2H3. The van der Waals surface area contributed by atoms with Gasteiger partial charge in [0, 0.05) is 48.4 Å². The van der Waals surface area contributed by atoms with Crippen LogP contribution in [0.1, 0.15) is 23.2 Å². The molecule has 1 saturated heterocycles. The van der Waals surface area contributed by atoms with E-state index in [0.717, 1.165) is 42.1 Å². The number of rotatable bonds is 5. The van der Waals surface area contributed by atoms with Crippen LogP contribution in [0, 0.1) is 0 Å². The lowest BCUT2D eigenvalue weighted by atomic mass is 10.0. The van der Waals surface area contributed by atoms with E-state index in [0.29, 0.717) is 6.54 Å². The lowest BCUT2D eigenvalue weighted by Crippen LogP contribution is -2.45. The number of amides is 1. The van der Waals surface area contributed by atoms with Crippen molar-refractivity contribution in [3.05, 3.63) is 40.6 Å². The molecule has 1 aliphatic heterocycles. The summed E-state index contributed by atoms with van der Waals surface area (Å²) in [6.07, 6.45) is 2.03. The molecule has 128 valence electrons. The van der Waals surface area contributed by atoms with Crippen molar-refractivity contribution in [2.24, 2.45) is 0 Å². The van der Waals surface area contributed by atoms with Gasteiger partial charge in [0.25, 0.3) is 5.91 Å². The molecule has 3 rings (SSSR count). The van der Waals surface area contributed by atoms with Crippen molar-refractivity contribution in [1.82, 2.24) is 4.90 Å². The van der Waals surface area contributed by atoms with Crippen molar-refractivity contribution < 1.29 is 14.3 Å². The van der Waals surface area contributed by atoms with Crippen LogP contribution in [-0.4, -0.2) is 44.2 Å². The van der Waals surface area contributed by atoms with Crippen LogP contribution < -0.4 is 14.8 Å². The van der Waals surface area contributed by atoms with Crippen LogP contribution in [-0.2, 0) is 0 Å². The van der Waals surface area contributed by atoms with E-state index in [4.69, 9.17) is 9.47 Å². The molecule has 0 aliphatic carbocycles. The van der Waals surface area contributed by atoms with Gasteiger partial charge in [-0.15, -0.1) is 0 Å². The number of likely N-dealkylation sites (tertiary alicyclic amines) is 1. The van der Waals surface area contributed by atoms with Gasteiger partial charge in [0.1, 0.15) is 11.5 Å². The molecule has 1 atom stereocenters. The zero-order valence-electron chi connectivity index (χ0n) is 14.0. The van der Waals surface area contributed by atoms with E-state index in [9.17, 15) is 4.79 Å². The van der Waals surface area contributed by atoms with Crippen LogP contribution in [0.3, 0.4) is 0 Å². The van der Waals surface area contributed by atoms with Crippen molar-refractivity contribution in [1.29, 1.82) is 0 Å². The molecule has 1 aromatic carbocycles. The molecule has 0 spiro atoms. The summed E-state index contributed by atoms with van der Waals surface area (Å²) in [5.41, 5.74) is 1.73. The maximum atomic E-state index is 12.5. The van der Waals surface area contributed by atoms with E-state index < -0.39 is 0 Å². The number of anilines is 1. The van der Waals surface area contributed by atoms with Gasteiger partial charge in [0.05, 0.1) is 19.8 Å². The highest BCUT2D eigenvalue weighted by Crippen LogP contribution is 2.27. The number of piperidine rings is 1. The molecule has 1 aliphatic rings. The van der Waals surface area contributed by atoms with Gasteiger partial charge in [-0.1, -0.05) is 0 Å². The Kier molecular flexibility index (Phi) is 5.25. The Labute approximate surface area is 146 Å². The Bertz CT molecular complexity index is 665. The SMILES string of the molecule is COc1cc(NC2CCCN(C(=O)c3ccsc3)C2)cc(OC)c1. The van der Waals surface area contributed by atoms with Crippen LogP contribution in [0.5, 0.6) is 11.5 Å². The molecule has 24 heavy (non-hydrogen) atoms. The Morgan fingerprint density at radius 2 is 2.00 bits per heavy atom. The number of thiophene rings is 1. The van der Waals surface area contributed by atoms with Gasteiger partial charge >= 0.3 is 0 Å². The van der Waals surface area contributed by atoms with E-state index in [1.807, 2.05) is 39.9 Å². The minimum absolute atomic E-state index is 0.117. The molecular formula is C18H22N2O3S. The Morgan fingerprint density at radius 1 is 1.25 bits per heavy atom. The summed E-state index contributed by atoms with van der Waals surface area (Å²) in [7, 11) is 3.28. The molecule has 0 saturated carbocycles. The zero-order chi connectivity index (χ0) is 16.9. The Hall–Kier alpha value is -2.21. The van der Waals surface area contributed by atoms with Gasteiger partial charge in [-0.3, -0.25) is 4.79 Å². The molecule has 0 bridgehead atoms. The third-order valence-electron chi connectivity index (χ3n) is 4.20. The molecule has 1 unspecified atom stereocenters. The number of benzene rings is 1. The lowest BCUT2D eigenvalue weighted by molar-refractivity contribution is 0.0715. The topological polar surface area (TPSA) is 50.8 Å². The monoisotopic (exact) mass is 346 g/mol. The quantitative estimate of drug-likeness (QED) is 0.900. The van der Waals surface area contributed by atoms with Crippen LogP contribution in [0.2, 0.25) is 0 Å². The molecule has 2 aromatic rings. The molecular weight excluding hydrogens is 324 g/mol. The molecule has 2 heterocycles. The Morgan fingerprint density at radius 3 is 2.62 bits per heavy atom. The first kappa shape index (κ1) is 16.6. The summed E-state index contributed by atoms with van der Waals surface area (Å²) >= 11 is 1.55. The number of hydrogen-bond acceptors (Lipinski definition) is 5. The van der Waals surface area contributed by atoms with E-state index in [-0.39, 0.29) is 11.9 Å². The van der Waals surface area contributed by atoms with E-state index in [1.54, 1.807) is 25.6 Å². The highest BCUT2D eigenvalue weighted by atomic mass is 32.1. The number of carbonyl (C=O) groups excluding carboxylic acids is 1. The minimum atomic E-state index is 0.117. The van der Waals surface area contributed by atoms with Gasteiger partial charge in [-0.2, -0.15) is 11.3 Å². The number of nitrogens with one attached hydrogen (secondary N) is 1. The molecule has 0 radical (unpaired) electrons. The summed E-state index contributed by atoms with van der Waals surface area (Å²) in [5.74, 6) is 1.61. The van der Waals surface area contributed by atoms with Crippen molar-refractivity contribution in [2.45, 2.75) is 18.9 Å². The largest absolute Gasteiger partial charge is 0.497 e. The van der Waals surface area contributed by atoms with E-state index in [2.05, 4.69) is 5.32 Å². The number of ether oxygens (including phenoxy) is 2. The van der Waals surface area contributed by atoms with Crippen molar-refractivity contribution in [3.8, 4) is 11.5 Å². The van der Waals surface area contributed by atoms with Gasteiger partial charge in [-0.25, -0.2) is 0 Å². The van der Waals surface area contributed by atoms with Crippen molar-refractivity contribution in [3.63, 3.8) is 0 Å². The molecule has 1 aromatic heterocycles. The second-order valence-corrected chi connectivity index (χ2v) is 6.63. The van der Waals surface area contributed by atoms with Gasteiger partial charge in [0.15, 0.2) is 0 Å². The summed E-state index contributed by atoms with van der Waals surface area (Å²) in [6.45, 7) is 1.52. The first-order valence-electron chi connectivity index (χ1n) is 8.00. The predicted molar refractivity (Wildman–Crippen MR) is 96.4 cm³/mol. The fraction of sp³-hybridized carbons (Fsp3) is 0.389. The number of carbonyl (C=O) groups is 1. The average Bonchev–Trinajstić information content (AvgIpc) is 3.15. The smallest absolute Gasteiger partial charge is 0.254 e. The van der Waals surface area contributed by atoms with Gasteiger partial charge in [0.2, 0.25) is 0 Å². The zero-order valence-corrected chi connectivity index (χ0v) is 14.8. The number of hydrogen-bond donors (Lipinski definition) is 1. The maximum Gasteiger partial charge on any atom is 0.254 e. The third-order valence-corrected chi connectivity index (χ3v) is 4.88. The Balaban J connectivity index is 1.68. The fourth-order valence-corrected chi connectivity index (χ4v) is 3.60. The van der Waals surface area contributed by atoms with Crippen LogP contribution in [0.4, 0.5) is 5.69 Å². The minimum Gasteiger partial charge on any atom is -0.497 e. The summed E-state index contributed by atoms with van der Waals surface area (Å²) < 4.78 is 10.6. The summed E-state index contributed by atoms with van der Waals surface area (Å²) in [5, 5.41) is 7.36. The maximum absolute atomic E-state index is 12.5. The normalized spacial score (nSPS) is 17.4. The van der Waals surface area contributed by atoms with Gasteiger partial charge < -0.3 is 19.7 Å². The van der Waals surface area contributed by atoms with Crippen LogP contribution >= 0.6 is 11.3 Å². The van der Waals surface area contributed by atoms with E-state index in [1.165, 1.54) is 0 Å². The molecule has 1 N–H and O–H groups in total. The molecule has 6 heteroatoms. The van der Waals surface area contributed by atoms with Crippen LogP contribution in [0.15, 0.2) is 35.0 Å². The van der Waals surface area contributed by atoms with E-state index >= 15 is 0 Å². The second kappa shape index (κ2) is 7.57. The third kappa shape index (κ3) is 3.82. The summed E-state index contributed by atoms with van der Waals surface area (Å²) in [6, 6.07) is 7.85. The highest BCUT2D eigenvalue weighted by Gasteiger charge is 2.24. The fourth-order valence-electron chi connectivity index (χ4n) is 2.97. The first-order chi connectivity index (χ1) is 11.7. The average molecular weight is 346 g/mol. The second-order valence-electron chi connectivity index (χ2n) is 5.85. The highest BCUT2D eigenvalue weighted by molar-refractivity contribution is 7.08. The number of methoxy groups -OCH3 is 2. The molecule has 1 amide bonds. The first-order valence-corrected chi connectivity index (χ1v) is 8.95. The lowest BCUT2D eigenvalue weighted by Gasteiger charge is -2.33. The van der Waals surface area contributed by atoms with Crippen LogP contribution in [0.25, 0.3) is 0 Å². The molecule has 5 nitrogen and oxygen atoms in total.